The molecule has 1 fully saturated rings. The van der Waals surface area contributed by atoms with Gasteiger partial charge in [0.15, 0.2) is 0 Å². The van der Waals surface area contributed by atoms with Crippen LogP contribution in [0, 0.1) is 6.92 Å². The van der Waals surface area contributed by atoms with Crippen LogP contribution in [0.2, 0.25) is 0 Å². The van der Waals surface area contributed by atoms with E-state index in [-0.39, 0.29) is 6.04 Å². The highest BCUT2D eigenvalue weighted by Crippen LogP contribution is 2.31. The minimum absolute atomic E-state index is 0.234. The van der Waals surface area contributed by atoms with Crippen molar-refractivity contribution in [1.29, 1.82) is 0 Å². The van der Waals surface area contributed by atoms with Crippen LogP contribution < -0.4 is 5.73 Å². The number of aryl methyl sites for hydroxylation is 1. The van der Waals surface area contributed by atoms with Crippen LogP contribution >= 0.6 is 0 Å². The third-order valence-corrected chi connectivity index (χ3v) is 4.83. The summed E-state index contributed by atoms with van der Waals surface area (Å²) in [6.45, 7) is 9.50. The first-order valence-corrected chi connectivity index (χ1v) is 7.97. The summed E-state index contributed by atoms with van der Waals surface area (Å²) in [6.07, 6.45) is 3.82. The number of aromatic nitrogens is 1. The van der Waals surface area contributed by atoms with E-state index in [1.165, 1.54) is 29.8 Å². The van der Waals surface area contributed by atoms with E-state index in [0.29, 0.717) is 6.10 Å². The van der Waals surface area contributed by atoms with Crippen molar-refractivity contribution in [2.24, 2.45) is 5.73 Å². The maximum absolute atomic E-state index is 6.25. The maximum Gasteiger partial charge on any atom is 0.0881 e. The van der Waals surface area contributed by atoms with E-state index in [0.717, 1.165) is 39.2 Å². The van der Waals surface area contributed by atoms with E-state index < -0.39 is 0 Å². The standard InChI is InChI=1S/C16H27N3O/c1-3-18-7-8-20-13(10-18)11-19-12(2)9-14-15(17)5-4-6-16(14)19/h9,13,15H,3-8,10-11,17H2,1-2H3. The summed E-state index contributed by atoms with van der Waals surface area (Å²) in [4.78, 5) is 2.48. The predicted octanol–water partition coefficient (Wildman–Crippen LogP) is 1.85. The predicted molar refractivity (Wildman–Crippen MR) is 80.9 cm³/mol. The summed E-state index contributed by atoms with van der Waals surface area (Å²) in [7, 11) is 0. The van der Waals surface area contributed by atoms with Crippen LogP contribution in [0.4, 0.5) is 0 Å². The molecule has 4 nitrogen and oxygen atoms in total. The molecule has 2 unspecified atom stereocenters. The second-order valence-corrected chi connectivity index (χ2v) is 6.18. The smallest absolute Gasteiger partial charge is 0.0881 e. The molecule has 0 aromatic carbocycles. The van der Waals surface area contributed by atoms with Gasteiger partial charge in [0, 0.05) is 30.5 Å². The van der Waals surface area contributed by atoms with Crippen LogP contribution in [0.3, 0.4) is 0 Å². The van der Waals surface area contributed by atoms with E-state index >= 15 is 0 Å². The molecule has 0 saturated carbocycles. The fourth-order valence-corrected chi connectivity index (χ4v) is 3.64. The molecule has 1 aliphatic carbocycles. The number of rotatable bonds is 3. The van der Waals surface area contributed by atoms with Crippen molar-refractivity contribution in [2.45, 2.75) is 51.8 Å². The zero-order chi connectivity index (χ0) is 14.1. The largest absolute Gasteiger partial charge is 0.374 e. The van der Waals surface area contributed by atoms with E-state index in [9.17, 15) is 0 Å². The molecule has 4 heteroatoms. The molecule has 20 heavy (non-hydrogen) atoms. The number of nitrogens with two attached hydrogens (primary N) is 1. The molecule has 1 saturated heterocycles. The Morgan fingerprint density at radius 2 is 2.30 bits per heavy atom. The van der Waals surface area contributed by atoms with E-state index in [2.05, 4.69) is 29.4 Å². The van der Waals surface area contributed by atoms with E-state index in [1.807, 2.05) is 0 Å². The highest BCUT2D eigenvalue weighted by molar-refractivity contribution is 5.32. The van der Waals surface area contributed by atoms with E-state index in [1.54, 1.807) is 0 Å². The topological polar surface area (TPSA) is 43.4 Å². The van der Waals surface area contributed by atoms with Gasteiger partial charge in [-0.2, -0.15) is 0 Å². The Hall–Kier alpha value is -0.840. The molecule has 0 amide bonds. The van der Waals surface area contributed by atoms with Crippen LogP contribution in [-0.4, -0.2) is 41.8 Å². The number of hydrogen-bond donors (Lipinski definition) is 1. The van der Waals surface area contributed by atoms with Gasteiger partial charge in [0.1, 0.15) is 0 Å². The van der Waals surface area contributed by atoms with Gasteiger partial charge in [-0.25, -0.2) is 0 Å². The fourth-order valence-electron chi connectivity index (χ4n) is 3.64. The molecule has 1 aromatic heterocycles. The lowest BCUT2D eigenvalue weighted by Gasteiger charge is -2.33. The summed E-state index contributed by atoms with van der Waals surface area (Å²) in [6, 6.07) is 2.53. The first-order valence-electron chi connectivity index (χ1n) is 7.97. The lowest BCUT2D eigenvalue weighted by molar-refractivity contribution is -0.0348. The maximum atomic E-state index is 6.25. The lowest BCUT2D eigenvalue weighted by Crippen LogP contribution is -2.44. The van der Waals surface area contributed by atoms with Crippen LogP contribution in [0.15, 0.2) is 6.07 Å². The Morgan fingerprint density at radius 3 is 3.10 bits per heavy atom. The highest BCUT2D eigenvalue weighted by Gasteiger charge is 2.25. The van der Waals surface area contributed by atoms with E-state index in [4.69, 9.17) is 10.5 Å². The van der Waals surface area contributed by atoms with Crippen molar-refractivity contribution in [3.8, 4) is 0 Å². The average Bonchev–Trinajstić information content (AvgIpc) is 2.78. The average molecular weight is 277 g/mol. The van der Waals surface area contributed by atoms with Gasteiger partial charge in [0.2, 0.25) is 0 Å². The van der Waals surface area contributed by atoms with Crippen molar-refractivity contribution < 1.29 is 4.74 Å². The first kappa shape index (κ1) is 14.1. The van der Waals surface area contributed by atoms with Crippen LogP contribution in [-0.2, 0) is 17.7 Å². The molecule has 112 valence electrons. The number of fused-ring (bicyclic) bond motifs is 1. The molecule has 0 spiro atoms. The third kappa shape index (κ3) is 2.65. The Balaban J connectivity index is 1.77. The Kier molecular flexibility index (Phi) is 4.15. The molecule has 1 aromatic rings. The van der Waals surface area contributed by atoms with Crippen LogP contribution in [0.5, 0.6) is 0 Å². The minimum Gasteiger partial charge on any atom is -0.374 e. The van der Waals surface area contributed by atoms with Gasteiger partial charge in [-0.15, -0.1) is 0 Å². The molecule has 3 rings (SSSR count). The monoisotopic (exact) mass is 277 g/mol. The molecule has 1 aliphatic heterocycles. The molecule has 2 N–H and O–H groups in total. The fraction of sp³-hybridized carbons (Fsp3) is 0.750. The molecule has 2 atom stereocenters. The van der Waals surface area contributed by atoms with Crippen molar-refractivity contribution in [3.63, 3.8) is 0 Å². The lowest BCUT2D eigenvalue weighted by atomic mass is 9.93. The Morgan fingerprint density at radius 1 is 1.45 bits per heavy atom. The number of morpholine rings is 1. The summed E-state index contributed by atoms with van der Waals surface area (Å²) >= 11 is 0. The molecule has 0 radical (unpaired) electrons. The molecular weight excluding hydrogens is 250 g/mol. The number of nitrogens with zero attached hydrogens (tertiary/aromatic N) is 2. The number of likely N-dealkylation sites (N-methyl/N-ethyl adjacent to an activating group) is 1. The van der Waals surface area contributed by atoms with Gasteiger partial charge in [0.05, 0.1) is 19.3 Å². The highest BCUT2D eigenvalue weighted by atomic mass is 16.5. The van der Waals surface area contributed by atoms with Crippen molar-refractivity contribution in [2.75, 3.05) is 26.2 Å². The van der Waals surface area contributed by atoms with Gasteiger partial charge in [-0.3, -0.25) is 4.90 Å². The molecule has 0 bridgehead atoms. The van der Waals surface area contributed by atoms with Gasteiger partial charge >= 0.3 is 0 Å². The SMILES string of the molecule is CCN1CCOC(Cn2c(C)cc3c2CCCC3N)C1. The van der Waals surface area contributed by atoms with Gasteiger partial charge in [0.25, 0.3) is 0 Å². The minimum atomic E-state index is 0.234. The van der Waals surface area contributed by atoms with Gasteiger partial charge in [-0.1, -0.05) is 6.92 Å². The second kappa shape index (κ2) is 5.88. The van der Waals surface area contributed by atoms with Crippen molar-refractivity contribution >= 4 is 0 Å². The first-order chi connectivity index (χ1) is 9.69. The summed E-state index contributed by atoms with van der Waals surface area (Å²) in [5, 5.41) is 0. The normalized spacial score (nSPS) is 27.6. The van der Waals surface area contributed by atoms with Crippen LogP contribution in [0.25, 0.3) is 0 Å². The third-order valence-electron chi connectivity index (χ3n) is 4.83. The Labute approximate surface area is 121 Å². The zero-order valence-electron chi connectivity index (χ0n) is 12.8. The second-order valence-electron chi connectivity index (χ2n) is 6.18. The molecule has 2 aliphatic rings. The summed E-state index contributed by atoms with van der Waals surface area (Å²) in [5.41, 5.74) is 10.4. The number of hydrogen-bond acceptors (Lipinski definition) is 3. The van der Waals surface area contributed by atoms with Crippen LogP contribution in [0.1, 0.15) is 42.8 Å². The van der Waals surface area contributed by atoms with Crippen molar-refractivity contribution in [3.05, 3.63) is 23.0 Å². The summed E-state index contributed by atoms with van der Waals surface area (Å²) < 4.78 is 8.42. The van der Waals surface area contributed by atoms with Gasteiger partial charge in [-0.05, 0) is 44.4 Å². The Bertz CT molecular complexity index is 469. The number of ether oxygens (including phenoxy) is 1. The van der Waals surface area contributed by atoms with Crippen molar-refractivity contribution in [1.82, 2.24) is 9.47 Å². The zero-order valence-corrected chi connectivity index (χ0v) is 12.8. The molecular formula is C16H27N3O. The molecule has 2 heterocycles. The quantitative estimate of drug-likeness (QED) is 0.917. The van der Waals surface area contributed by atoms with Gasteiger partial charge < -0.3 is 15.0 Å². The summed E-state index contributed by atoms with van der Waals surface area (Å²) in [5.74, 6) is 0.